The van der Waals surface area contributed by atoms with E-state index < -0.39 is 23.9 Å². The van der Waals surface area contributed by atoms with Gasteiger partial charge in [-0.1, -0.05) is 19.1 Å². The van der Waals surface area contributed by atoms with Crippen molar-refractivity contribution in [1.29, 1.82) is 0 Å². The van der Waals surface area contributed by atoms with Crippen LogP contribution in [0.1, 0.15) is 19.8 Å². The number of nitrogens with zero attached hydrogens (tertiary/aromatic N) is 1. The van der Waals surface area contributed by atoms with Gasteiger partial charge in [-0.3, -0.25) is 9.59 Å². The Labute approximate surface area is 117 Å². The fourth-order valence-corrected chi connectivity index (χ4v) is 1.98. The van der Waals surface area contributed by atoms with E-state index in [1.807, 2.05) is 6.92 Å². The Morgan fingerprint density at radius 1 is 1.40 bits per heavy atom. The van der Waals surface area contributed by atoms with Crippen LogP contribution in [-0.2, 0) is 14.3 Å². The average molecular weight is 284 g/mol. The highest BCUT2D eigenvalue weighted by Crippen LogP contribution is 2.18. The Bertz CT molecular complexity index is 408. The Morgan fingerprint density at radius 2 is 2.10 bits per heavy atom. The molecule has 20 heavy (non-hydrogen) atoms. The van der Waals surface area contributed by atoms with Crippen LogP contribution >= 0.6 is 0 Å². The van der Waals surface area contributed by atoms with Gasteiger partial charge in [-0.25, -0.2) is 4.79 Å². The van der Waals surface area contributed by atoms with Crippen molar-refractivity contribution in [2.24, 2.45) is 5.92 Å². The molecule has 2 atom stereocenters. The van der Waals surface area contributed by atoms with E-state index in [9.17, 15) is 14.4 Å². The molecule has 0 saturated carbocycles. The van der Waals surface area contributed by atoms with Crippen molar-refractivity contribution in [3.63, 3.8) is 0 Å². The number of carboxylic acid groups (broad SMARTS) is 1. The summed E-state index contributed by atoms with van der Waals surface area (Å²) in [6.45, 7) is 2.21. The van der Waals surface area contributed by atoms with Crippen molar-refractivity contribution in [2.75, 3.05) is 20.2 Å². The zero-order valence-corrected chi connectivity index (χ0v) is 11.7. The number of nitrogens with one attached hydrogen (secondary N) is 1. The van der Waals surface area contributed by atoms with E-state index >= 15 is 0 Å². The third kappa shape index (κ3) is 4.56. The van der Waals surface area contributed by atoms with Gasteiger partial charge in [0.15, 0.2) is 0 Å². The molecule has 2 unspecified atom stereocenters. The number of carbonyl (C=O) groups excluding carboxylic acids is 2. The van der Waals surface area contributed by atoms with Gasteiger partial charge in [0.05, 0.1) is 19.1 Å². The van der Waals surface area contributed by atoms with Gasteiger partial charge < -0.3 is 20.1 Å². The van der Waals surface area contributed by atoms with Crippen LogP contribution in [0, 0.1) is 5.92 Å². The molecule has 1 rings (SSSR count). The maximum atomic E-state index is 12.0. The molecule has 0 fully saturated rings. The zero-order chi connectivity index (χ0) is 15.1. The second-order valence-corrected chi connectivity index (χ2v) is 4.62. The number of amides is 2. The summed E-state index contributed by atoms with van der Waals surface area (Å²) in [5.74, 6) is -1.96. The summed E-state index contributed by atoms with van der Waals surface area (Å²) >= 11 is 0. The van der Waals surface area contributed by atoms with Crippen molar-refractivity contribution in [3.05, 3.63) is 12.2 Å². The molecule has 0 aliphatic heterocycles. The highest BCUT2D eigenvalue weighted by Gasteiger charge is 2.27. The summed E-state index contributed by atoms with van der Waals surface area (Å²) in [6, 6.07) is -0.710. The average Bonchev–Trinajstić information content (AvgIpc) is 2.86. The van der Waals surface area contributed by atoms with E-state index in [-0.39, 0.29) is 12.6 Å². The number of aliphatic carboxylic acids is 1. The lowest BCUT2D eigenvalue weighted by Gasteiger charge is -2.23. The number of hydrogen-bond acceptors (Lipinski definition) is 4. The topological polar surface area (TPSA) is 95.9 Å². The van der Waals surface area contributed by atoms with E-state index in [4.69, 9.17) is 5.11 Å². The molecule has 0 aromatic rings. The quantitative estimate of drug-likeness (QED) is 0.550. The maximum absolute atomic E-state index is 12.0. The Hall–Kier alpha value is -2.05. The molecule has 0 heterocycles. The normalized spacial score (nSPS) is 20.5. The number of carbonyl (C=O) groups is 3. The van der Waals surface area contributed by atoms with Gasteiger partial charge in [0, 0.05) is 6.54 Å². The first kappa shape index (κ1) is 16.0. The third-order valence-corrected chi connectivity index (χ3v) is 3.04. The Morgan fingerprint density at radius 3 is 2.60 bits per heavy atom. The molecule has 0 radical (unpaired) electrons. The molecule has 0 bridgehead atoms. The first-order chi connectivity index (χ1) is 9.47. The summed E-state index contributed by atoms with van der Waals surface area (Å²) in [4.78, 5) is 35.5. The standard InChI is InChI=1S/C13H20N2O5/c1-3-6-15(8-11(16)20-2)13(19)14-10-5-4-9(7-10)12(17)18/h4-5,9-10H,3,6-8H2,1-2H3,(H,14,19)(H,17,18). The predicted octanol–water partition coefficient (Wildman–Crippen LogP) is 0.610. The summed E-state index contributed by atoms with van der Waals surface area (Å²) in [6.07, 6.45) is 4.28. The summed E-state index contributed by atoms with van der Waals surface area (Å²) in [5, 5.41) is 11.6. The van der Waals surface area contributed by atoms with Crippen LogP contribution in [0.4, 0.5) is 4.79 Å². The number of ether oxygens (including phenoxy) is 1. The molecule has 0 aromatic heterocycles. The van der Waals surface area contributed by atoms with Crippen LogP contribution in [0.2, 0.25) is 0 Å². The summed E-state index contributed by atoms with van der Waals surface area (Å²) < 4.78 is 4.54. The monoisotopic (exact) mass is 284 g/mol. The van der Waals surface area contributed by atoms with Crippen molar-refractivity contribution in [3.8, 4) is 0 Å². The van der Waals surface area contributed by atoms with Crippen LogP contribution in [0.25, 0.3) is 0 Å². The van der Waals surface area contributed by atoms with Crippen LogP contribution in [0.15, 0.2) is 12.2 Å². The highest BCUT2D eigenvalue weighted by atomic mass is 16.5. The number of hydrogen-bond donors (Lipinski definition) is 2. The minimum Gasteiger partial charge on any atom is -0.481 e. The third-order valence-electron chi connectivity index (χ3n) is 3.04. The van der Waals surface area contributed by atoms with E-state index in [0.717, 1.165) is 0 Å². The zero-order valence-electron chi connectivity index (χ0n) is 11.7. The first-order valence-electron chi connectivity index (χ1n) is 6.51. The molecule has 7 nitrogen and oxygen atoms in total. The molecule has 1 aliphatic rings. The van der Waals surface area contributed by atoms with Crippen LogP contribution in [0.3, 0.4) is 0 Å². The van der Waals surface area contributed by atoms with Gasteiger partial charge in [0.1, 0.15) is 6.54 Å². The minimum absolute atomic E-state index is 0.116. The molecule has 0 saturated heterocycles. The van der Waals surface area contributed by atoms with Gasteiger partial charge in [0.25, 0.3) is 0 Å². The summed E-state index contributed by atoms with van der Waals surface area (Å²) in [7, 11) is 1.27. The van der Waals surface area contributed by atoms with Crippen LogP contribution < -0.4 is 5.32 Å². The molecular formula is C13H20N2O5. The van der Waals surface area contributed by atoms with Crippen molar-refractivity contribution < 1.29 is 24.2 Å². The highest BCUT2D eigenvalue weighted by molar-refractivity contribution is 5.81. The number of rotatable bonds is 6. The predicted molar refractivity (Wildman–Crippen MR) is 71.1 cm³/mol. The second kappa shape index (κ2) is 7.52. The van der Waals surface area contributed by atoms with E-state index in [1.165, 1.54) is 12.0 Å². The van der Waals surface area contributed by atoms with Crippen molar-refractivity contribution in [1.82, 2.24) is 10.2 Å². The number of carboxylic acids is 1. The van der Waals surface area contributed by atoms with E-state index in [0.29, 0.717) is 19.4 Å². The molecule has 0 spiro atoms. The SMILES string of the molecule is CCCN(CC(=O)OC)C(=O)NC1C=CC(C(=O)O)C1. The molecular weight excluding hydrogens is 264 g/mol. The molecule has 112 valence electrons. The Balaban J connectivity index is 2.52. The lowest BCUT2D eigenvalue weighted by molar-refractivity contribution is -0.141. The number of urea groups is 1. The molecule has 0 aromatic carbocycles. The maximum Gasteiger partial charge on any atom is 0.325 e. The fraction of sp³-hybridized carbons (Fsp3) is 0.615. The number of esters is 1. The Kier molecular flexibility index (Phi) is 6.02. The lowest BCUT2D eigenvalue weighted by Crippen LogP contribution is -2.46. The molecule has 7 heteroatoms. The smallest absolute Gasteiger partial charge is 0.325 e. The van der Waals surface area contributed by atoms with Gasteiger partial charge in [-0.15, -0.1) is 0 Å². The van der Waals surface area contributed by atoms with Gasteiger partial charge >= 0.3 is 18.0 Å². The van der Waals surface area contributed by atoms with Crippen LogP contribution in [-0.4, -0.2) is 54.2 Å². The summed E-state index contributed by atoms with van der Waals surface area (Å²) in [5.41, 5.74) is 0. The van der Waals surface area contributed by atoms with Crippen molar-refractivity contribution in [2.45, 2.75) is 25.8 Å². The van der Waals surface area contributed by atoms with Gasteiger partial charge in [0.2, 0.25) is 0 Å². The van der Waals surface area contributed by atoms with E-state index in [2.05, 4.69) is 10.1 Å². The molecule has 2 amide bonds. The minimum atomic E-state index is -0.905. The fourth-order valence-electron chi connectivity index (χ4n) is 1.98. The largest absolute Gasteiger partial charge is 0.481 e. The molecule has 2 N–H and O–H groups in total. The molecule has 1 aliphatic carbocycles. The van der Waals surface area contributed by atoms with E-state index in [1.54, 1.807) is 12.2 Å². The van der Waals surface area contributed by atoms with Gasteiger partial charge in [-0.2, -0.15) is 0 Å². The first-order valence-corrected chi connectivity index (χ1v) is 6.51. The lowest BCUT2D eigenvalue weighted by atomic mass is 10.1. The second-order valence-electron chi connectivity index (χ2n) is 4.62. The van der Waals surface area contributed by atoms with Gasteiger partial charge in [-0.05, 0) is 12.8 Å². The number of methoxy groups -OCH3 is 1. The van der Waals surface area contributed by atoms with Crippen LogP contribution in [0.5, 0.6) is 0 Å². The van der Waals surface area contributed by atoms with Crippen molar-refractivity contribution >= 4 is 18.0 Å².